The average Bonchev–Trinajstić information content (AvgIpc) is 2.65. The van der Waals surface area contributed by atoms with Crippen LogP contribution in [0.15, 0.2) is 17.1 Å². The van der Waals surface area contributed by atoms with Crippen molar-refractivity contribution in [1.29, 1.82) is 0 Å². The fraction of sp³-hybridized carbons (Fsp3) is 0.533. The first-order valence-electron chi connectivity index (χ1n) is 7.26. The van der Waals surface area contributed by atoms with Gasteiger partial charge in [0.1, 0.15) is 5.56 Å². The number of rotatable bonds is 3. The second kappa shape index (κ2) is 6.39. The number of aromatic amines is 1. The zero-order chi connectivity index (χ0) is 15.5. The Hall–Kier alpha value is -1.69. The van der Waals surface area contributed by atoms with E-state index in [0.717, 1.165) is 44.2 Å². The van der Waals surface area contributed by atoms with Crippen LogP contribution in [0.2, 0.25) is 0 Å². The molecule has 1 heterocycles. The molecule has 1 amide bonds. The first-order valence-corrected chi connectivity index (χ1v) is 7.67. The molecule has 1 aliphatic rings. The van der Waals surface area contributed by atoms with E-state index >= 15 is 0 Å². The lowest BCUT2D eigenvalue weighted by Gasteiger charge is -2.32. The van der Waals surface area contributed by atoms with Crippen molar-refractivity contribution in [2.75, 3.05) is 0 Å². The number of hydrogen-bond donors (Lipinski definition) is 3. The van der Waals surface area contributed by atoms with E-state index in [0.29, 0.717) is 4.99 Å². The number of aromatic nitrogens is 1. The van der Waals surface area contributed by atoms with E-state index in [-0.39, 0.29) is 11.0 Å². The molecule has 0 atom stereocenters. The highest BCUT2D eigenvalue weighted by atomic mass is 32.1. The molecule has 0 aromatic carbocycles. The van der Waals surface area contributed by atoms with Gasteiger partial charge in [0.25, 0.3) is 5.91 Å². The van der Waals surface area contributed by atoms with E-state index in [9.17, 15) is 9.59 Å². The minimum Gasteiger partial charge on any atom is -0.391 e. The smallest absolute Gasteiger partial charge is 0.257 e. The van der Waals surface area contributed by atoms with Crippen LogP contribution in [-0.4, -0.2) is 21.4 Å². The van der Waals surface area contributed by atoms with Gasteiger partial charge in [-0.3, -0.25) is 9.59 Å². The van der Waals surface area contributed by atoms with Crippen LogP contribution in [0.5, 0.6) is 0 Å². The van der Waals surface area contributed by atoms with Gasteiger partial charge < -0.3 is 16.0 Å². The largest absolute Gasteiger partial charge is 0.391 e. The average molecular weight is 307 g/mol. The molecule has 0 radical (unpaired) electrons. The minimum absolute atomic E-state index is 0.0977. The van der Waals surface area contributed by atoms with Crippen LogP contribution in [0, 0.1) is 6.92 Å². The lowest BCUT2D eigenvalue weighted by Crippen LogP contribution is -2.57. The second-order valence-corrected chi connectivity index (χ2v) is 6.15. The standard InChI is InChI=1S/C15H21N3O2S/c1-10-8-12(19)11(9-17-10)13(20)18-15(14(16)21)6-4-2-3-5-7-15/h8-9H,2-7H2,1H3,(H2,16,21)(H,17,19)(H,18,20). The number of amides is 1. The van der Waals surface area contributed by atoms with Crippen molar-refractivity contribution >= 4 is 23.1 Å². The Morgan fingerprint density at radius 1 is 1.33 bits per heavy atom. The number of pyridine rings is 1. The quantitative estimate of drug-likeness (QED) is 0.587. The molecule has 1 aromatic rings. The molecule has 0 saturated heterocycles. The Labute approximate surface area is 129 Å². The lowest BCUT2D eigenvalue weighted by atomic mass is 9.89. The molecule has 0 aliphatic heterocycles. The van der Waals surface area contributed by atoms with Gasteiger partial charge in [-0.2, -0.15) is 0 Å². The maximum absolute atomic E-state index is 12.4. The van der Waals surface area contributed by atoms with E-state index in [2.05, 4.69) is 10.3 Å². The van der Waals surface area contributed by atoms with Crippen molar-refractivity contribution in [1.82, 2.24) is 10.3 Å². The maximum Gasteiger partial charge on any atom is 0.257 e. The van der Waals surface area contributed by atoms with Crippen LogP contribution in [-0.2, 0) is 0 Å². The summed E-state index contributed by atoms with van der Waals surface area (Å²) < 4.78 is 0. The predicted molar refractivity (Wildman–Crippen MR) is 86.5 cm³/mol. The van der Waals surface area contributed by atoms with Crippen molar-refractivity contribution in [2.24, 2.45) is 5.73 Å². The SMILES string of the molecule is Cc1cc(=O)c(C(=O)NC2(C(N)=S)CCCCCC2)c[nH]1. The number of H-pyrrole nitrogens is 1. The van der Waals surface area contributed by atoms with Gasteiger partial charge >= 0.3 is 0 Å². The molecule has 0 spiro atoms. The molecular formula is C15H21N3O2S. The van der Waals surface area contributed by atoms with E-state index < -0.39 is 11.4 Å². The lowest BCUT2D eigenvalue weighted by molar-refractivity contribution is 0.0916. The summed E-state index contributed by atoms with van der Waals surface area (Å²) in [6, 6.07) is 1.41. The highest BCUT2D eigenvalue weighted by Crippen LogP contribution is 2.27. The third-order valence-electron chi connectivity index (χ3n) is 4.08. The molecular weight excluding hydrogens is 286 g/mol. The van der Waals surface area contributed by atoms with Gasteiger partial charge in [-0.1, -0.05) is 37.9 Å². The van der Waals surface area contributed by atoms with E-state index in [1.165, 1.54) is 12.3 Å². The van der Waals surface area contributed by atoms with E-state index in [4.69, 9.17) is 18.0 Å². The molecule has 1 aromatic heterocycles. The second-order valence-electron chi connectivity index (χ2n) is 5.71. The molecule has 1 fully saturated rings. The third kappa shape index (κ3) is 3.50. The Kier molecular flexibility index (Phi) is 4.77. The molecule has 1 saturated carbocycles. The number of nitrogens with two attached hydrogens (primary N) is 1. The summed E-state index contributed by atoms with van der Waals surface area (Å²) in [5.74, 6) is -0.411. The predicted octanol–water partition coefficient (Wildman–Crippen LogP) is 1.79. The summed E-state index contributed by atoms with van der Waals surface area (Å²) in [7, 11) is 0. The molecule has 21 heavy (non-hydrogen) atoms. The van der Waals surface area contributed by atoms with Crippen LogP contribution < -0.4 is 16.5 Å². The molecule has 5 nitrogen and oxygen atoms in total. The fourth-order valence-corrected chi connectivity index (χ4v) is 3.06. The van der Waals surface area contributed by atoms with E-state index in [1.54, 1.807) is 6.92 Å². The maximum atomic E-state index is 12.4. The summed E-state index contributed by atoms with van der Waals surface area (Å²) in [4.78, 5) is 27.5. The van der Waals surface area contributed by atoms with Crippen LogP contribution in [0.25, 0.3) is 0 Å². The first-order chi connectivity index (χ1) is 9.94. The van der Waals surface area contributed by atoms with Crippen LogP contribution in [0.4, 0.5) is 0 Å². The van der Waals surface area contributed by atoms with Gasteiger partial charge in [0, 0.05) is 18.0 Å². The van der Waals surface area contributed by atoms with Crippen molar-refractivity contribution < 1.29 is 4.79 Å². The van der Waals surface area contributed by atoms with Gasteiger partial charge in [0.15, 0.2) is 5.43 Å². The number of hydrogen-bond acceptors (Lipinski definition) is 3. The number of carbonyl (C=O) groups is 1. The summed E-state index contributed by atoms with van der Waals surface area (Å²) in [6.45, 7) is 1.77. The number of aryl methyl sites for hydroxylation is 1. The normalized spacial score (nSPS) is 17.8. The first kappa shape index (κ1) is 15.7. The van der Waals surface area contributed by atoms with Gasteiger partial charge in [-0.25, -0.2) is 0 Å². The monoisotopic (exact) mass is 307 g/mol. The minimum atomic E-state index is -0.666. The van der Waals surface area contributed by atoms with Crippen molar-refractivity contribution in [3.8, 4) is 0 Å². The zero-order valence-corrected chi connectivity index (χ0v) is 13.0. The topological polar surface area (TPSA) is 88.0 Å². The Bertz CT molecular complexity index is 601. The summed E-state index contributed by atoms with van der Waals surface area (Å²) in [5, 5.41) is 2.92. The van der Waals surface area contributed by atoms with Crippen LogP contribution in [0.3, 0.4) is 0 Å². The number of nitrogens with one attached hydrogen (secondary N) is 2. The van der Waals surface area contributed by atoms with E-state index in [1.807, 2.05) is 0 Å². The molecule has 6 heteroatoms. The molecule has 1 aliphatic carbocycles. The molecule has 0 bridgehead atoms. The van der Waals surface area contributed by atoms with Crippen LogP contribution >= 0.6 is 12.2 Å². The molecule has 2 rings (SSSR count). The fourth-order valence-electron chi connectivity index (χ4n) is 2.80. The number of thiocarbonyl (C=S) groups is 1. The van der Waals surface area contributed by atoms with Crippen molar-refractivity contribution in [3.63, 3.8) is 0 Å². The van der Waals surface area contributed by atoms with Gasteiger partial charge in [-0.15, -0.1) is 0 Å². The van der Waals surface area contributed by atoms with Gasteiger partial charge in [0.05, 0.1) is 10.5 Å². The Balaban J connectivity index is 2.26. The highest BCUT2D eigenvalue weighted by molar-refractivity contribution is 7.80. The molecule has 114 valence electrons. The van der Waals surface area contributed by atoms with Crippen molar-refractivity contribution in [2.45, 2.75) is 51.0 Å². The van der Waals surface area contributed by atoms with Crippen molar-refractivity contribution in [3.05, 3.63) is 33.7 Å². The zero-order valence-electron chi connectivity index (χ0n) is 12.2. The van der Waals surface area contributed by atoms with Gasteiger partial charge in [0.2, 0.25) is 0 Å². The highest BCUT2D eigenvalue weighted by Gasteiger charge is 2.36. The summed E-state index contributed by atoms with van der Waals surface area (Å²) >= 11 is 5.19. The third-order valence-corrected chi connectivity index (χ3v) is 4.47. The van der Waals surface area contributed by atoms with Crippen LogP contribution in [0.1, 0.15) is 54.6 Å². The van der Waals surface area contributed by atoms with Gasteiger partial charge in [-0.05, 0) is 19.8 Å². The summed E-state index contributed by atoms with van der Waals surface area (Å²) in [5.41, 5.74) is 5.74. The molecule has 4 N–H and O–H groups in total. The summed E-state index contributed by atoms with van der Waals surface area (Å²) in [6.07, 6.45) is 7.09. The number of carbonyl (C=O) groups excluding carboxylic acids is 1. The molecule has 0 unspecified atom stereocenters. The Morgan fingerprint density at radius 2 is 1.95 bits per heavy atom. The Morgan fingerprint density at radius 3 is 2.48 bits per heavy atom.